The summed E-state index contributed by atoms with van der Waals surface area (Å²) in [5, 5.41) is 0. The number of carbonyl (C=O) groups excluding carboxylic acids is 1. The Morgan fingerprint density at radius 2 is 1.76 bits per heavy atom. The van der Waals surface area contributed by atoms with Crippen molar-refractivity contribution in [2.75, 3.05) is 31.1 Å². The van der Waals surface area contributed by atoms with E-state index in [-0.39, 0.29) is 5.91 Å². The molecular weight excluding hydrogens is 360 g/mol. The molecule has 2 fully saturated rings. The number of hydrogen-bond donors (Lipinski definition) is 0. The highest BCUT2D eigenvalue weighted by atomic mass is 16.5. The molecule has 5 rings (SSSR count). The van der Waals surface area contributed by atoms with Gasteiger partial charge >= 0.3 is 0 Å². The summed E-state index contributed by atoms with van der Waals surface area (Å²) in [5.41, 5.74) is 4.71. The monoisotopic (exact) mass is 390 g/mol. The Labute approximate surface area is 173 Å². The molecule has 0 bridgehead atoms. The molecule has 2 unspecified atom stereocenters. The van der Waals surface area contributed by atoms with Gasteiger partial charge in [-0.3, -0.25) is 4.79 Å². The van der Waals surface area contributed by atoms with E-state index in [4.69, 9.17) is 4.74 Å². The lowest BCUT2D eigenvalue weighted by Crippen LogP contribution is -2.31. The minimum atomic E-state index is 0.120. The number of fused-ring (bicyclic) bond motifs is 2. The fraction of sp³-hybridized carbons (Fsp3) is 0.480. The van der Waals surface area contributed by atoms with Crippen molar-refractivity contribution in [2.24, 2.45) is 17.8 Å². The summed E-state index contributed by atoms with van der Waals surface area (Å²) in [6.45, 7) is 10.3. The van der Waals surface area contributed by atoms with Crippen LogP contribution in [0.3, 0.4) is 0 Å². The Morgan fingerprint density at radius 3 is 2.41 bits per heavy atom. The van der Waals surface area contributed by atoms with Crippen molar-refractivity contribution < 1.29 is 9.53 Å². The molecule has 0 spiro atoms. The van der Waals surface area contributed by atoms with E-state index in [1.807, 2.05) is 4.90 Å². The van der Waals surface area contributed by atoms with Crippen LogP contribution in [0.2, 0.25) is 0 Å². The maximum Gasteiger partial charge on any atom is 0.223 e. The molecule has 1 amide bonds. The summed E-state index contributed by atoms with van der Waals surface area (Å²) in [4.78, 5) is 16.2. The number of rotatable bonds is 5. The number of nitrogens with zero attached hydrogens (tertiary/aromatic N) is 2. The van der Waals surface area contributed by atoms with Crippen molar-refractivity contribution in [3.63, 3.8) is 0 Å². The minimum Gasteiger partial charge on any atom is -0.493 e. The van der Waals surface area contributed by atoms with Gasteiger partial charge in [0.2, 0.25) is 5.91 Å². The molecule has 1 saturated carbocycles. The fourth-order valence-electron chi connectivity index (χ4n) is 5.20. The molecule has 0 N–H and O–H groups in total. The van der Waals surface area contributed by atoms with Gasteiger partial charge in [-0.1, -0.05) is 18.2 Å². The van der Waals surface area contributed by atoms with Crippen LogP contribution >= 0.6 is 0 Å². The van der Waals surface area contributed by atoms with Crippen molar-refractivity contribution in [1.29, 1.82) is 0 Å². The highest BCUT2D eigenvalue weighted by molar-refractivity contribution is 5.94. The third-order valence-electron chi connectivity index (χ3n) is 7.12. The second kappa shape index (κ2) is 7.17. The summed E-state index contributed by atoms with van der Waals surface area (Å²) in [7, 11) is 0. The third-order valence-corrected chi connectivity index (χ3v) is 7.12. The van der Waals surface area contributed by atoms with Gasteiger partial charge in [-0.05, 0) is 73.1 Å². The standard InChI is InChI=1S/C25H30N2O2/c1-16(2)26-13-22-23(14-26)24(22)15-29-21-7-4-18(5-8-21)19-6-9-25-20(12-19)10-11-27(25)17(3)28/h4-9,12,16,22-24H,10-11,13-15H2,1-3H3. The molecule has 0 radical (unpaired) electrons. The zero-order chi connectivity index (χ0) is 20.1. The summed E-state index contributed by atoms with van der Waals surface area (Å²) in [6, 6.07) is 15.5. The molecule has 2 aliphatic heterocycles. The Balaban J connectivity index is 1.19. The highest BCUT2D eigenvalue weighted by Gasteiger charge is 2.56. The van der Waals surface area contributed by atoms with Crippen molar-refractivity contribution in [1.82, 2.24) is 4.90 Å². The van der Waals surface area contributed by atoms with Gasteiger partial charge in [-0.15, -0.1) is 0 Å². The van der Waals surface area contributed by atoms with E-state index in [1.54, 1.807) is 6.92 Å². The summed E-state index contributed by atoms with van der Waals surface area (Å²) < 4.78 is 6.10. The van der Waals surface area contributed by atoms with Gasteiger partial charge in [0, 0.05) is 44.2 Å². The third kappa shape index (κ3) is 3.44. The molecule has 1 saturated heterocycles. The van der Waals surface area contributed by atoms with Crippen molar-refractivity contribution in [2.45, 2.75) is 33.2 Å². The number of piperidine rings is 1. The van der Waals surface area contributed by atoms with E-state index in [0.717, 1.165) is 48.8 Å². The first-order valence-corrected chi connectivity index (χ1v) is 10.9. The van der Waals surface area contributed by atoms with Crippen LogP contribution in [0, 0.1) is 17.8 Å². The van der Waals surface area contributed by atoms with Crippen molar-refractivity contribution in [3.05, 3.63) is 48.0 Å². The van der Waals surface area contributed by atoms with Crippen molar-refractivity contribution >= 4 is 11.6 Å². The molecule has 152 valence electrons. The summed E-state index contributed by atoms with van der Waals surface area (Å²) in [6.07, 6.45) is 0.932. The lowest BCUT2D eigenvalue weighted by molar-refractivity contribution is -0.116. The molecule has 0 aromatic heterocycles. The lowest BCUT2D eigenvalue weighted by Gasteiger charge is -2.23. The number of carbonyl (C=O) groups is 1. The Kier molecular flexibility index (Phi) is 4.62. The zero-order valence-corrected chi connectivity index (χ0v) is 17.6. The first-order chi connectivity index (χ1) is 14.0. The van der Waals surface area contributed by atoms with Crippen molar-refractivity contribution in [3.8, 4) is 16.9 Å². The molecule has 3 aliphatic rings. The quantitative estimate of drug-likeness (QED) is 0.766. The Hall–Kier alpha value is -2.33. The number of likely N-dealkylation sites (tertiary alicyclic amines) is 1. The second-order valence-electron chi connectivity index (χ2n) is 9.14. The average Bonchev–Trinajstić information content (AvgIpc) is 3.07. The number of amides is 1. The minimum absolute atomic E-state index is 0.120. The van der Waals surface area contributed by atoms with Gasteiger partial charge in [0.05, 0.1) is 6.61 Å². The molecule has 2 atom stereocenters. The van der Waals surface area contributed by atoms with Crippen LogP contribution in [0.25, 0.3) is 11.1 Å². The van der Waals surface area contributed by atoms with E-state index in [9.17, 15) is 4.79 Å². The van der Waals surface area contributed by atoms with Crippen LogP contribution in [0.4, 0.5) is 5.69 Å². The molecule has 2 aromatic carbocycles. The highest BCUT2D eigenvalue weighted by Crippen LogP contribution is 2.52. The Morgan fingerprint density at radius 1 is 1.07 bits per heavy atom. The summed E-state index contributed by atoms with van der Waals surface area (Å²) >= 11 is 0. The van der Waals surface area contributed by atoms with Crippen LogP contribution in [0.5, 0.6) is 5.75 Å². The molecule has 1 aliphatic carbocycles. The largest absolute Gasteiger partial charge is 0.493 e. The van der Waals surface area contributed by atoms with Crippen LogP contribution in [0.1, 0.15) is 26.3 Å². The number of hydrogen-bond acceptors (Lipinski definition) is 3. The predicted octanol–water partition coefficient (Wildman–Crippen LogP) is 4.23. The van der Waals surface area contributed by atoms with Gasteiger partial charge in [-0.25, -0.2) is 0 Å². The smallest absolute Gasteiger partial charge is 0.223 e. The zero-order valence-electron chi connectivity index (χ0n) is 17.6. The van der Waals surface area contributed by atoms with Gasteiger partial charge in [0.15, 0.2) is 0 Å². The predicted molar refractivity (Wildman–Crippen MR) is 116 cm³/mol. The van der Waals surface area contributed by atoms with E-state index in [0.29, 0.717) is 6.04 Å². The van der Waals surface area contributed by atoms with E-state index < -0.39 is 0 Å². The summed E-state index contributed by atoms with van der Waals surface area (Å²) in [5.74, 6) is 3.51. The van der Waals surface area contributed by atoms with Crippen LogP contribution in [-0.2, 0) is 11.2 Å². The Bertz CT molecular complexity index is 909. The van der Waals surface area contributed by atoms with E-state index >= 15 is 0 Å². The fourth-order valence-corrected chi connectivity index (χ4v) is 5.20. The molecular formula is C25H30N2O2. The first kappa shape index (κ1) is 18.7. The molecule has 2 aromatic rings. The van der Waals surface area contributed by atoms with Crippen LogP contribution in [0.15, 0.2) is 42.5 Å². The van der Waals surface area contributed by atoms with E-state index in [1.165, 1.54) is 29.8 Å². The lowest BCUT2D eigenvalue weighted by atomic mass is 10.0. The van der Waals surface area contributed by atoms with Gasteiger partial charge in [-0.2, -0.15) is 0 Å². The van der Waals surface area contributed by atoms with Gasteiger partial charge in [0.25, 0.3) is 0 Å². The maximum absolute atomic E-state index is 11.7. The normalized spacial score (nSPS) is 25.2. The van der Waals surface area contributed by atoms with Crippen LogP contribution < -0.4 is 9.64 Å². The second-order valence-corrected chi connectivity index (χ2v) is 9.14. The SMILES string of the molecule is CC(=O)N1CCc2cc(-c3ccc(OCC4C5CN(C(C)C)CC45)cc3)ccc21. The number of ether oxygens (including phenoxy) is 1. The maximum atomic E-state index is 11.7. The number of anilines is 1. The first-order valence-electron chi connectivity index (χ1n) is 10.9. The van der Waals surface area contributed by atoms with Gasteiger partial charge in [0.1, 0.15) is 5.75 Å². The molecule has 4 heteroatoms. The molecule has 4 nitrogen and oxygen atoms in total. The molecule has 2 heterocycles. The van der Waals surface area contributed by atoms with E-state index in [2.05, 4.69) is 61.2 Å². The van der Waals surface area contributed by atoms with Crippen LogP contribution in [-0.4, -0.2) is 43.1 Å². The number of benzene rings is 2. The van der Waals surface area contributed by atoms with Gasteiger partial charge < -0.3 is 14.5 Å². The topological polar surface area (TPSA) is 32.8 Å². The molecule has 29 heavy (non-hydrogen) atoms. The average molecular weight is 391 g/mol.